The van der Waals surface area contributed by atoms with E-state index in [1.807, 2.05) is 10.6 Å². The first-order valence-corrected chi connectivity index (χ1v) is 31.7. The maximum Gasteiger partial charge on any atom is 0.331 e. The monoisotopic (exact) mass is 1320 g/mol. The highest BCUT2D eigenvalue weighted by atomic mass is 16.5. The van der Waals surface area contributed by atoms with Crippen molar-refractivity contribution in [2.45, 2.75) is 218 Å². The van der Waals surface area contributed by atoms with Crippen LogP contribution in [0.3, 0.4) is 0 Å². The Bertz CT molecular complexity index is 2720. The maximum atomic E-state index is 15.4. The molecule has 15 atom stereocenters. The van der Waals surface area contributed by atoms with Crippen LogP contribution in [-0.2, 0) is 62.3 Å². The van der Waals surface area contributed by atoms with Crippen LogP contribution >= 0.6 is 0 Å². The molecule has 0 bridgehead atoms. The summed E-state index contributed by atoms with van der Waals surface area (Å²) in [7, 11) is 0. The van der Waals surface area contributed by atoms with Gasteiger partial charge in [0, 0.05) is 6.54 Å². The van der Waals surface area contributed by atoms with Gasteiger partial charge in [0.1, 0.15) is 48.3 Å². The molecule has 0 spiro atoms. The Balaban J connectivity index is 2.39. The van der Waals surface area contributed by atoms with Crippen LogP contribution in [-0.4, -0.2) is 196 Å². The Morgan fingerprint density at radius 1 is 0.667 bits per heavy atom. The topological polar surface area (TPSA) is 529 Å². The van der Waals surface area contributed by atoms with E-state index in [0.29, 0.717) is 6.42 Å². The summed E-state index contributed by atoms with van der Waals surface area (Å²) in [5.41, 5.74) is 17.2. The van der Waals surface area contributed by atoms with Crippen LogP contribution in [0.25, 0.3) is 0 Å². The van der Waals surface area contributed by atoms with Crippen molar-refractivity contribution in [1.29, 1.82) is 5.41 Å². The molecular formula is C61H101N15O17. The Kier molecular flexibility index (Phi) is 33.1. The second-order valence-corrected chi connectivity index (χ2v) is 25.2. The summed E-state index contributed by atoms with van der Waals surface area (Å²) in [5.74, 6) is -17.0. The van der Waals surface area contributed by atoms with Gasteiger partial charge >= 0.3 is 5.97 Å². The fraction of sp³-hybridized carbons (Fsp3) is 0.689. The van der Waals surface area contributed by atoms with Crippen LogP contribution in [0.4, 0.5) is 0 Å². The summed E-state index contributed by atoms with van der Waals surface area (Å²) in [4.78, 5) is 171. The number of guanidine groups is 1. The zero-order chi connectivity index (χ0) is 70.0. The fourth-order valence-corrected chi connectivity index (χ4v) is 10.5. The van der Waals surface area contributed by atoms with Crippen molar-refractivity contribution < 1.29 is 82.7 Å². The summed E-state index contributed by atoms with van der Waals surface area (Å²) in [6.07, 6.45) is -3.21. The first-order chi connectivity index (χ1) is 43.7. The summed E-state index contributed by atoms with van der Waals surface area (Å²) in [6, 6.07) is -10.6. The number of primary amides is 1. The number of benzene rings is 1. The molecule has 2 fully saturated rings. The molecule has 11 amide bonds. The molecule has 22 N–H and O–H groups in total. The zero-order valence-electron chi connectivity index (χ0n) is 54.6. The van der Waals surface area contributed by atoms with Gasteiger partial charge in [-0.3, -0.25) is 58.1 Å². The van der Waals surface area contributed by atoms with Gasteiger partial charge in [0.15, 0.2) is 24.2 Å². The summed E-state index contributed by atoms with van der Waals surface area (Å²) >= 11 is 0. The molecule has 1 aliphatic heterocycles. The summed E-state index contributed by atoms with van der Waals surface area (Å²) in [6.45, 7) is 11.9. The minimum absolute atomic E-state index is 0.0169. The van der Waals surface area contributed by atoms with Crippen LogP contribution < -0.4 is 75.7 Å². The normalized spacial score (nSPS) is 25.4. The molecule has 1 aromatic rings. The molecule has 32 heteroatoms. The van der Waals surface area contributed by atoms with E-state index in [1.54, 1.807) is 41.5 Å². The van der Waals surface area contributed by atoms with E-state index in [-0.39, 0.29) is 62.0 Å². The Hall–Kier alpha value is -8.07. The Morgan fingerprint density at radius 2 is 1.24 bits per heavy atom. The average molecular weight is 1320 g/mol. The number of aliphatic hydroxyl groups is 4. The number of esters is 1. The number of carbonyl (C=O) groups is 12. The van der Waals surface area contributed by atoms with Gasteiger partial charge in [-0.2, -0.15) is 0 Å². The Morgan fingerprint density at radius 3 is 1.80 bits per heavy atom. The van der Waals surface area contributed by atoms with Gasteiger partial charge in [0.2, 0.25) is 65.0 Å². The molecule has 32 nitrogen and oxygen atoms in total. The third-order valence-corrected chi connectivity index (χ3v) is 16.1. The first-order valence-electron chi connectivity index (χ1n) is 31.7. The number of nitrogens with one attached hydrogen (secondary N) is 12. The highest BCUT2D eigenvalue weighted by molar-refractivity contribution is 6.00. The van der Waals surface area contributed by atoms with Gasteiger partial charge in [-0.05, 0) is 74.2 Å². The third-order valence-electron chi connectivity index (χ3n) is 16.1. The van der Waals surface area contributed by atoms with E-state index in [4.69, 9.17) is 27.3 Å². The van der Waals surface area contributed by atoms with Gasteiger partial charge in [0.25, 0.3) is 0 Å². The van der Waals surface area contributed by atoms with Crippen molar-refractivity contribution >= 4 is 76.9 Å². The molecule has 2 aliphatic rings. The Labute approximate surface area is 541 Å². The van der Waals surface area contributed by atoms with Crippen molar-refractivity contribution in [2.75, 3.05) is 19.7 Å². The molecule has 1 aromatic carbocycles. The van der Waals surface area contributed by atoms with E-state index >= 15 is 4.79 Å². The lowest BCUT2D eigenvalue weighted by Gasteiger charge is -2.34. The number of hydrogen-bond donors (Lipinski definition) is 19. The molecule has 522 valence electrons. The van der Waals surface area contributed by atoms with Gasteiger partial charge in [-0.1, -0.05) is 124 Å². The van der Waals surface area contributed by atoms with E-state index in [9.17, 15) is 73.2 Å². The molecule has 0 radical (unpaired) electrons. The first kappa shape index (κ1) is 79.2. The summed E-state index contributed by atoms with van der Waals surface area (Å²) in [5, 5.41) is 78.6. The molecule has 1 aliphatic carbocycles. The number of aliphatic hydroxyl groups excluding tert-OH is 4. The number of hydrogen-bond acceptors (Lipinski definition) is 19. The van der Waals surface area contributed by atoms with Crippen molar-refractivity contribution in [1.82, 2.24) is 58.5 Å². The van der Waals surface area contributed by atoms with Crippen LogP contribution in [0, 0.1) is 35.0 Å². The number of nitrogens with two attached hydrogens (primary N) is 3. The quantitative estimate of drug-likeness (QED) is 0.0213. The molecule has 1 saturated carbocycles. The summed E-state index contributed by atoms with van der Waals surface area (Å²) < 4.78 is 5.96. The molecule has 1 saturated heterocycles. The lowest BCUT2D eigenvalue weighted by atomic mass is 9.85. The number of carbonyl (C=O) groups excluding carboxylic acids is 12. The molecular weight excluding hydrogens is 1210 g/mol. The zero-order valence-corrected chi connectivity index (χ0v) is 54.6. The maximum absolute atomic E-state index is 15.4. The van der Waals surface area contributed by atoms with E-state index in [0.717, 1.165) is 39.0 Å². The van der Waals surface area contributed by atoms with Gasteiger partial charge in [-0.25, -0.2) is 4.79 Å². The standard InChI is InChI=1S/C61H101N15O17/c1-10-32(8)42-56(88)74-43(33(9)78)55(87)67-27-41(79)72-45(48(81)50(63)82)58(90)71-40(28-77)60(92)93-49(35-20-15-12-16-21-35)46(76-54(86)39(25-30(4)5)69-51(83)36(62)26-34-18-13-11-14-19-34)59(91)75-44(47(80)31(6)7)57(89)70-38(24-29(2)3)53(85)68-37(52(84)73-42)22-17-23-66-61(64)65/h12,15-16,20-21,29-34,36-40,42-49,77-78,80-81H,10-11,13-14,17-19,22-28,62H2,1-9H3,(H2,63,82)(H,67,87)(H,68,85)(H,69,83)(H,70,89)(H,71,90)(H,72,79)(H,73,84)(H,74,88)(H,75,91)(H,76,86)(H4,64,65,66)/t32-,33-,36-,37+,38-,39-,40-,42?,43?,44-,45-,46-,47+,48-,49+/m0/s1. The highest BCUT2D eigenvalue weighted by Crippen LogP contribution is 2.28. The van der Waals surface area contributed by atoms with Crippen molar-refractivity contribution in [3.8, 4) is 0 Å². The lowest BCUT2D eigenvalue weighted by Crippen LogP contribution is -2.64. The van der Waals surface area contributed by atoms with E-state index in [1.165, 1.54) is 44.2 Å². The smallest absolute Gasteiger partial charge is 0.331 e. The number of cyclic esters (lactones) is 1. The highest BCUT2D eigenvalue weighted by Gasteiger charge is 2.44. The average Bonchev–Trinajstić information content (AvgIpc) is 0.857. The van der Waals surface area contributed by atoms with E-state index in [2.05, 4.69) is 47.9 Å². The fourth-order valence-electron chi connectivity index (χ4n) is 10.5. The molecule has 0 aromatic heterocycles. The minimum atomic E-state index is -2.57. The van der Waals surface area contributed by atoms with Gasteiger partial charge < -0.3 is 101 Å². The van der Waals surface area contributed by atoms with Crippen molar-refractivity contribution in [2.24, 2.45) is 46.8 Å². The number of amides is 11. The van der Waals surface area contributed by atoms with Crippen LogP contribution in [0.15, 0.2) is 30.3 Å². The second kappa shape index (κ2) is 38.8. The molecule has 93 heavy (non-hydrogen) atoms. The van der Waals surface area contributed by atoms with Crippen LogP contribution in [0.5, 0.6) is 0 Å². The lowest BCUT2D eigenvalue weighted by molar-refractivity contribution is -0.159. The van der Waals surface area contributed by atoms with Gasteiger partial charge in [0.05, 0.1) is 31.4 Å². The minimum Gasteiger partial charge on any atom is -0.453 e. The van der Waals surface area contributed by atoms with Crippen molar-refractivity contribution in [3.63, 3.8) is 0 Å². The van der Waals surface area contributed by atoms with E-state index < -0.39 is 187 Å². The van der Waals surface area contributed by atoms with Crippen LogP contribution in [0.2, 0.25) is 0 Å². The number of rotatable bonds is 23. The van der Waals surface area contributed by atoms with Crippen molar-refractivity contribution in [3.05, 3.63) is 35.9 Å². The molecule has 2 unspecified atom stereocenters. The second-order valence-electron chi connectivity index (χ2n) is 25.2. The molecule has 1 heterocycles. The molecule has 3 rings (SSSR count). The number of ether oxygens (including phenoxy) is 1. The SMILES string of the molecule is CC[C@H](C)C1NC(=O)[C@@H](CCCNC(=N)N)NC(=O)[C@H](CC(C)C)NC(=O)[C@H]([C@H](O)C(C)C)NC(=O)[C@@H](NC(=O)[C@H](CC(C)C)NC(=O)[C@@H](N)CC2CCCCC2)[C@@H](c2ccccc2)OC(=O)[C@H](CO)NC(=O)[C@H]([C@H](O)C(N)=O)NC(=O)CNC(=O)C([C@H](C)O)NC1=O. The van der Waals surface area contributed by atoms with Crippen LogP contribution in [0.1, 0.15) is 145 Å². The predicted octanol–water partition coefficient (Wildman–Crippen LogP) is -4.30. The van der Waals surface area contributed by atoms with Gasteiger partial charge in [-0.15, -0.1) is 0 Å². The largest absolute Gasteiger partial charge is 0.453 e. The third kappa shape index (κ3) is 25.7. The predicted molar refractivity (Wildman–Crippen MR) is 337 cm³/mol.